The largest absolute Gasteiger partial charge is 0.497 e. The number of nitrogens with zero attached hydrogens (tertiary/aromatic N) is 2. The van der Waals surface area contributed by atoms with Crippen LogP contribution in [0.25, 0.3) is 0 Å². The van der Waals surface area contributed by atoms with E-state index in [1.165, 1.54) is 38.8 Å². The fraction of sp³-hybridized carbons (Fsp3) is 0.692. The predicted molar refractivity (Wildman–Crippen MR) is 129 cm³/mol. The molecule has 1 aliphatic carbocycles. The lowest BCUT2D eigenvalue weighted by Gasteiger charge is -2.48. The Morgan fingerprint density at radius 2 is 1.67 bits per heavy atom. The van der Waals surface area contributed by atoms with Crippen LogP contribution in [0.4, 0.5) is 5.69 Å². The summed E-state index contributed by atoms with van der Waals surface area (Å²) in [7, 11) is 3.18. The Labute approximate surface area is 197 Å². The lowest BCUT2D eigenvalue weighted by Crippen LogP contribution is -2.60. The number of hydrogen-bond donors (Lipinski definition) is 1. The average molecular weight is 458 g/mol. The molecule has 7 nitrogen and oxygen atoms in total. The normalized spacial score (nSPS) is 24.6. The summed E-state index contributed by atoms with van der Waals surface area (Å²) < 4.78 is 10.7. The molecule has 4 rings (SSSR count). The van der Waals surface area contributed by atoms with Gasteiger partial charge >= 0.3 is 0 Å². The third kappa shape index (κ3) is 4.98. The molecule has 33 heavy (non-hydrogen) atoms. The van der Waals surface area contributed by atoms with Gasteiger partial charge in [-0.25, -0.2) is 0 Å². The van der Waals surface area contributed by atoms with Gasteiger partial charge in [0.2, 0.25) is 11.8 Å². The summed E-state index contributed by atoms with van der Waals surface area (Å²) in [5, 5.41) is 3.10. The van der Waals surface area contributed by atoms with E-state index in [1.54, 1.807) is 39.3 Å². The Kier molecular flexibility index (Phi) is 7.47. The van der Waals surface area contributed by atoms with E-state index >= 15 is 0 Å². The van der Waals surface area contributed by atoms with Crippen LogP contribution in [0.15, 0.2) is 18.2 Å². The minimum atomic E-state index is -0.793. The third-order valence-corrected chi connectivity index (χ3v) is 8.01. The quantitative estimate of drug-likeness (QED) is 0.668. The average Bonchev–Trinajstić information content (AvgIpc) is 3.33. The molecule has 2 saturated heterocycles. The van der Waals surface area contributed by atoms with Crippen molar-refractivity contribution in [2.24, 2.45) is 5.92 Å². The molecule has 1 unspecified atom stereocenters. The molecule has 1 aromatic carbocycles. The molecule has 0 bridgehead atoms. The number of carbonyl (C=O) groups is 2. The monoisotopic (exact) mass is 457 g/mol. The Balaban J connectivity index is 1.58. The van der Waals surface area contributed by atoms with Gasteiger partial charge in [-0.1, -0.05) is 19.3 Å². The summed E-state index contributed by atoms with van der Waals surface area (Å²) in [5.41, 5.74) is -0.166. The number of anilines is 1. The number of amides is 2. The maximum atomic E-state index is 13.8. The summed E-state index contributed by atoms with van der Waals surface area (Å²) in [6.07, 6.45) is 9.39. The zero-order valence-electron chi connectivity index (χ0n) is 20.4. The van der Waals surface area contributed by atoms with Gasteiger partial charge in [-0.15, -0.1) is 0 Å². The van der Waals surface area contributed by atoms with E-state index in [4.69, 9.17) is 9.47 Å². The number of piperidine rings is 2. The highest BCUT2D eigenvalue weighted by molar-refractivity contribution is 6.00. The van der Waals surface area contributed by atoms with Gasteiger partial charge in [0.15, 0.2) is 0 Å². The summed E-state index contributed by atoms with van der Waals surface area (Å²) in [6.45, 7) is 4.64. The Hall–Kier alpha value is -2.28. The minimum Gasteiger partial charge on any atom is -0.497 e. The Morgan fingerprint density at radius 1 is 1.00 bits per heavy atom. The summed E-state index contributed by atoms with van der Waals surface area (Å²) in [4.78, 5) is 31.4. The first-order valence-electron chi connectivity index (χ1n) is 12.5. The molecule has 1 N–H and O–H groups in total. The molecule has 3 aliphatic rings. The molecule has 2 atom stereocenters. The lowest BCUT2D eigenvalue weighted by atomic mass is 9.81. The maximum Gasteiger partial charge on any atom is 0.250 e. The number of methoxy groups -OCH3 is 2. The van der Waals surface area contributed by atoms with Crippen molar-refractivity contribution in [3.63, 3.8) is 0 Å². The molecule has 182 valence electrons. The van der Waals surface area contributed by atoms with E-state index in [1.807, 2.05) is 4.90 Å². The molecule has 2 aliphatic heterocycles. The molecular formula is C26H39N3O4. The van der Waals surface area contributed by atoms with Gasteiger partial charge in [0, 0.05) is 43.4 Å². The molecular weight excluding hydrogens is 418 g/mol. The number of hydrogen-bond acceptors (Lipinski definition) is 5. The predicted octanol–water partition coefficient (Wildman–Crippen LogP) is 4.07. The fourth-order valence-corrected chi connectivity index (χ4v) is 6.34. The van der Waals surface area contributed by atoms with Crippen molar-refractivity contribution in [3.8, 4) is 11.5 Å². The highest BCUT2D eigenvalue weighted by Gasteiger charge is 2.49. The van der Waals surface area contributed by atoms with Crippen molar-refractivity contribution in [1.29, 1.82) is 0 Å². The Bertz CT molecular complexity index is 828. The summed E-state index contributed by atoms with van der Waals surface area (Å²) in [5.74, 6) is 1.58. The van der Waals surface area contributed by atoms with Crippen LogP contribution in [0.1, 0.15) is 64.7 Å². The number of carbonyl (C=O) groups excluding carboxylic acids is 2. The van der Waals surface area contributed by atoms with Gasteiger partial charge in [0.25, 0.3) is 0 Å². The van der Waals surface area contributed by atoms with Crippen molar-refractivity contribution in [2.45, 2.75) is 76.3 Å². The van der Waals surface area contributed by atoms with Gasteiger partial charge in [-0.05, 0) is 57.5 Å². The molecule has 0 radical (unpaired) electrons. The lowest BCUT2D eigenvalue weighted by molar-refractivity contribution is -0.145. The van der Waals surface area contributed by atoms with Crippen LogP contribution in [-0.2, 0) is 9.59 Å². The smallest absolute Gasteiger partial charge is 0.250 e. The molecule has 3 fully saturated rings. The van der Waals surface area contributed by atoms with Gasteiger partial charge in [-0.2, -0.15) is 0 Å². The van der Waals surface area contributed by atoms with Crippen molar-refractivity contribution in [3.05, 3.63) is 18.2 Å². The number of nitrogens with one attached hydrogen (secondary N) is 1. The van der Waals surface area contributed by atoms with Gasteiger partial charge in [-0.3, -0.25) is 9.59 Å². The first-order valence-corrected chi connectivity index (χ1v) is 12.5. The van der Waals surface area contributed by atoms with Gasteiger partial charge in [0.05, 0.1) is 14.2 Å². The molecule has 2 heterocycles. The van der Waals surface area contributed by atoms with Crippen LogP contribution in [0.5, 0.6) is 11.5 Å². The van der Waals surface area contributed by atoms with Crippen molar-refractivity contribution >= 4 is 17.5 Å². The summed E-state index contributed by atoms with van der Waals surface area (Å²) in [6, 6.07) is 5.91. The van der Waals surface area contributed by atoms with E-state index in [9.17, 15) is 9.59 Å². The number of fused-ring (bicyclic) bond motifs is 1. The minimum absolute atomic E-state index is 0.00297. The SMILES string of the molecule is COc1cc(NC(=O)C2(N(CC3CCCN4CCCC[C@H]34)C(C)=O)CCCC2)cc(OC)c1. The van der Waals surface area contributed by atoms with Crippen LogP contribution in [0.2, 0.25) is 0 Å². The molecule has 0 aromatic heterocycles. The van der Waals surface area contributed by atoms with Crippen LogP contribution >= 0.6 is 0 Å². The molecule has 1 saturated carbocycles. The van der Waals surface area contributed by atoms with E-state index in [0.717, 1.165) is 19.3 Å². The third-order valence-electron chi connectivity index (χ3n) is 8.01. The molecule has 1 aromatic rings. The van der Waals surface area contributed by atoms with Crippen molar-refractivity contribution in [1.82, 2.24) is 9.80 Å². The van der Waals surface area contributed by atoms with Crippen LogP contribution in [0, 0.1) is 5.92 Å². The van der Waals surface area contributed by atoms with E-state index in [2.05, 4.69) is 10.2 Å². The maximum absolute atomic E-state index is 13.8. The number of benzene rings is 1. The fourth-order valence-electron chi connectivity index (χ4n) is 6.34. The van der Waals surface area contributed by atoms with E-state index in [0.29, 0.717) is 48.5 Å². The van der Waals surface area contributed by atoms with E-state index in [-0.39, 0.29) is 11.8 Å². The van der Waals surface area contributed by atoms with E-state index < -0.39 is 5.54 Å². The number of ether oxygens (including phenoxy) is 2. The first kappa shape index (κ1) is 23.9. The van der Waals surface area contributed by atoms with Crippen LogP contribution in [0.3, 0.4) is 0 Å². The van der Waals surface area contributed by atoms with Crippen molar-refractivity contribution < 1.29 is 19.1 Å². The van der Waals surface area contributed by atoms with Crippen molar-refractivity contribution in [2.75, 3.05) is 39.2 Å². The first-order chi connectivity index (χ1) is 16.0. The Morgan fingerprint density at radius 3 is 2.30 bits per heavy atom. The topological polar surface area (TPSA) is 71.1 Å². The standard InChI is InChI=1S/C26H39N3O4/c1-19(30)29(18-20-9-8-14-28-13-7-4-10-24(20)28)26(11-5-6-12-26)25(31)27-21-15-22(32-2)17-23(16-21)33-3/h15-17,20,24H,4-14,18H2,1-3H3,(H,27,31)/t20?,24-/m1/s1. The van der Waals surface area contributed by atoms with Crippen LogP contribution < -0.4 is 14.8 Å². The second-order valence-electron chi connectivity index (χ2n) is 9.93. The second-order valence-corrected chi connectivity index (χ2v) is 9.93. The second kappa shape index (κ2) is 10.3. The number of rotatable bonds is 7. The summed E-state index contributed by atoms with van der Waals surface area (Å²) >= 11 is 0. The molecule has 7 heteroatoms. The van der Waals surface area contributed by atoms with Gasteiger partial charge < -0.3 is 24.6 Å². The highest BCUT2D eigenvalue weighted by Crippen LogP contribution is 2.40. The zero-order chi connectivity index (χ0) is 23.4. The van der Waals surface area contributed by atoms with Crippen LogP contribution in [-0.4, -0.2) is 67.0 Å². The van der Waals surface area contributed by atoms with Gasteiger partial charge in [0.1, 0.15) is 17.0 Å². The molecule has 0 spiro atoms. The highest BCUT2D eigenvalue weighted by atomic mass is 16.5. The zero-order valence-corrected chi connectivity index (χ0v) is 20.4. The molecule has 2 amide bonds.